The number of phenols is 1. The summed E-state index contributed by atoms with van der Waals surface area (Å²) in [6.07, 6.45) is 1.02. The van der Waals surface area contributed by atoms with Crippen LogP contribution < -0.4 is 4.72 Å². The predicted molar refractivity (Wildman–Crippen MR) is 73.5 cm³/mol. The second-order valence-electron chi connectivity index (χ2n) is 4.90. The Morgan fingerprint density at radius 3 is 2.89 bits per heavy atom. The molecule has 0 aromatic heterocycles. The number of aromatic hydroxyl groups is 1. The molecule has 19 heavy (non-hydrogen) atoms. The lowest BCUT2D eigenvalue weighted by Crippen LogP contribution is -2.31. The van der Waals surface area contributed by atoms with Crippen molar-refractivity contribution in [2.75, 3.05) is 26.2 Å². The Morgan fingerprint density at radius 1 is 1.47 bits per heavy atom. The van der Waals surface area contributed by atoms with E-state index in [0.717, 1.165) is 26.1 Å². The molecule has 0 spiro atoms. The zero-order valence-corrected chi connectivity index (χ0v) is 11.9. The summed E-state index contributed by atoms with van der Waals surface area (Å²) in [4.78, 5) is 2.42. The molecule has 1 atom stereocenters. The van der Waals surface area contributed by atoms with E-state index in [1.165, 1.54) is 24.3 Å². The van der Waals surface area contributed by atoms with Crippen LogP contribution in [0.25, 0.3) is 0 Å². The normalized spacial score (nSPS) is 20.8. The molecule has 0 amide bonds. The number of nitrogens with zero attached hydrogens (tertiary/aromatic N) is 1. The molecular formula is C13H20N2O3S. The summed E-state index contributed by atoms with van der Waals surface area (Å²) in [6.45, 7) is 5.55. The van der Waals surface area contributed by atoms with Crippen LogP contribution in [0.4, 0.5) is 0 Å². The van der Waals surface area contributed by atoms with Crippen LogP contribution >= 0.6 is 0 Å². The van der Waals surface area contributed by atoms with Crippen LogP contribution in [-0.4, -0.2) is 44.6 Å². The van der Waals surface area contributed by atoms with E-state index >= 15 is 0 Å². The van der Waals surface area contributed by atoms with Crippen molar-refractivity contribution in [1.29, 1.82) is 0 Å². The van der Waals surface area contributed by atoms with Gasteiger partial charge in [0.25, 0.3) is 0 Å². The Balaban J connectivity index is 1.95. The van der Waals surface area contributed by atoms with Crippen molar-refractivity contribution in [3.8, 4) is 5.75 Å². The van der Waals surface area contributed by atoms with Gasteiger partial charge in [0.05, 0.1) is 4.90 Å². The standard InChI is InChI=1S/C13H20N2O3S/c1-2-15-7-6-11(10-15)9-14-19(17,18)13-5-3-4-12(16)8-13/h3-5,8,11,14,16H,2,6-7,9-10H2,1H3. The van der Waals surface area contributed by atoms with E-state index in [0.29, 0.717) is 12.5 Å². The first kappa shape index (κ1) is 14.3. The summed E-state index contributed by atoms with van der Waals surface area (Å²) in [5.74, 6) is 0.327. The fourth-order valence-corrected chi connectivity index (χ4v) is 3.48. The van der Waals surface area contributed by atoms with Gasteiger partial charge in [-0.1, -0.05) is 13.0 Å². The van der Waals surface area contributed by atoms with Crippen molar-refractivity contribution >= 4 is 10.0 Å². The summed E-state index contributed by atoms with van der Waals surface area (Å²) in [7, 11) is -3.52. The van der Waals surface area contributed by atoms with Crippen molar-refractivity contribution in [3.63, 3.8) is 0 Å². The van der Waals surface area contributed by atoms with Crippen LogP contribution in [0.2, 0.25) is 0 Å². The second-order valence-corrected chi connectivity index (χ2v) is 6.66. The molecule has 5 nitrogen and oxygen atoms in total. The lowest BCUT2D eigenvalue weighted by molar-refractivity contribution is 0.342. The van der Waals surface area contributed by atoms with Gasteiger partial charge in [-0.25, -0.2) is 13.1 Å². The van der Waals surface area contributed by atoms with E-state index in [1.54, 1.807) is 0 Å². The number of phenolic OH excluding ortho intramolecular Hbond substituents is 1. The number of likely N-dealkylation sites (tertiary alicyclic amines) is 1. The number of hydrogen-bond donors (Lipinski definition) is 2. The molecule has 1 unspecified atom stereocenters. The minimum atomic E-state index is -3.52. The quantitative estimate of drug-likeness (QED) is 0.847. The third-order valence-electron chi connectivity index (χ3n) is 3.51. The van der Waals surface area contributed by atoms with Gasteiger partial charge in [0.15, 0.2) is 0 Å². The monoisotopic (exact) mass is 284 g/mol. The highest BCUT2D eigenvalue weighted by molar-refractivity contribution is 7.89. The van der Waals surface area contributed by atoms with Crippen molar-refractivity contribution in [1.82, 2.24) is 9.62 Å². The molecule has 1 saturated heterocycles. The van der Waals surface area contributed by atoms with Gasteiger partial charge < -0.3 is 10.0 Å². The molecule has 1 aromatic carbocycles. The van der Waals surface area contributed by atoms with Crippen LogP contribution in [0.15, 0.2) is 29.2 Å². The highest BCUT2D eigenvalue weighted by atomic mass is 32.2. The van der Waals surface area contributed by atoms with Gasteiger partial charge in [-0.15, -0.1) is 0 Å². The SMILES string of the molecule is CCN1CCC(CNS(=O)(=O)c2cccc(O)c2)C1. The average molecular weight is 284 g/mol. The molecule has 1 fully saturated rings. The van der Waals surface area contributed by atoms with Gasteiger partial charge in [0.1, 0.15) is 5.75 Å². The van der Waals surface area contributed by atoms with Gasteiger partial charge in [-0.05, 0) is 43.6 Å². The predicted octanol–water partition coefficient (Wildman–Crippen LogP) is 1.01. The van der Waals surface area contributed by atoms with Crippen LogP contribution in [-0.2, 0) is 10.0 Å². The van der Waals surface area contributed by atoms with E-state index in [2.05, 4.69) is 16.5 Å². The summed E-state index contributed by atoms with van der Waals surface area (Å²) in [6, 6.07) is 5.72. The Labute approximate surface area is 114 Å². The van der Waals surface area contributed by atoms with Gasteiger partial charge in [0.2, 0.25) is 10.0 Å². The minimum Gasteiger partial charge on any atom is -0.508 e. The Morgan fingerprint density at radius 2 is 2.26 bits per heavy atom. The maximum Gasteiger partial charge on any atom is 0.240 e. The summed E-state index contributed by atoms with van der Waals surface area (Å²) < 4.78 is 26.7. The van der Waals surface area contributed by atoms with Crippen LogP contribution in [0.1, 0.15) is 13.3 Å². The number of sulfonamides is 1. The van der Waals surface area contributed by atoms with Gasteiger partial charge in [-0.2, -0.15) is 0 Å². The molecule has 1 heterocycles. The van der Waals surface area contributed by atoms with Crippen LogP contribution in [0.5, 0.6) is 5.75 Å². The smallest absolute Gasteiger partial charge is 0.240 e. The maximum absolute atomic E-state index is 12.1. The topological polar surface area (TPSA) is 69.6 Å². The van der Waals surface area contributed by atoms with Crippen molar-refractivity contribution in [2.24, 2.45) is 5.92 Å². The van der Waals surface area contributed by atoms with E-state index in [1.807, 2.05) is 0 Å². The first-order valence-corrected chi connectivity index (χ1v) is 8.00. The fourth-order valence-electron chi connectivity index (χ4n) is 2.33. The van der Waals surface area contributed by atoms with Crippen molar-refractivity contribution < 1.29 is 13.5 Å². The molecule has 1 aromatic rings. The van der Waals surface area contributed by atoms with Gasteiger partial charge in [-0.3, -0.25) is 0 Å². The molecule has 2 rings (SSSR count). The van der Waals surface area contributed by atoms with Gasteiger partial charge >= 0.3 is 0 Å². The molecule has 1 aliphatic rings. The molecule has 1 aliphatic heterocycles. The van der Waals surface area contributed by atoms with Crippen molar-refractivity contribution in [3.05, 3.63) is 24.3 Å². The largest absolute Gasteiger partial charge is 0.508 e. The molecular weight excluding hydrogens is 264 g/mol. The number of benzene rings is 1. The number of hydrogen-bond acceptors (Lipinski definition) is 4. The average Bonchev–Trinajstić information content (AvgIpc) is 2.84. The number of rotatable bonds is 5. The lowest BCUT2D eigenvalue weighted by atomic mass is 10.1. The van der Waals surface area contributed by atoms with Crippen molar-refractivity contribution in [2.45, 2.75) is 18.2 Å². The summed E-state index contributed by atoms with van der Waals surface area (Å²) >= 11 is 0. The highest BCUT2D eigenvalue weighted by Gasteiger charge is 2.23. The molecule has 2 N–H and O–H groups in total. The fraction of sp³-hybridized carbons (Fsp3) is 0.538. The molecule has 106 valence electrons. The minimum absolute atomic E-state index is 0.0408. The highest BCUT2D eigenvalue weighted by Crippen LogP contribution is 2.18. The first-order chi connectivity index (χ1) is 9.01. The van der Waals surface area contributed by atoms with Gasteiger partial charge in [0, 0.05) is 13.1 Å². The van der Waals surface area contributed by atoms with Crippen LogP contribution in [0, 0.1) is 5.92 Å². The van der Waals surface area contributed by atoms with E-state index in [9.17, 15) is 13.5 Å². The Bertz CT molecular complexity index is 530. The second kappa shape index (κ2) is 5.90. The first-order valence-electron chi connectivity index (χ1n) is 6.52. The zero-order valence-electron chi connectivity index (χ0n) is 11.0. The third kappa shape index (κ3) is 3.68. The third-order valence-corrected chi connectivity index (χ3v) is 4.93. The van der Waals surface area contributed by atoms with E-state index in [4.69, 9.17) is 0 Å². The van der Waals surface area contributed by atoms with E-state index < -0.39 is 10.0 Å². The molecule has 0 saturated carbocycles. The Kier molecular flexibility index (Phi) is 4.44. The Hall–Kier alpha value is -1.11. The molecule has 0 bridgehead atoms. The summed E-state index contributed by atoms with van der Waals surface area (Å²) in [5.41, 5.74) is 0. The molecule has 0 radical (unpaired) electrons. The maximum atomic E-state index is 12.1. The lowest BCUT2D eigenvalue weighted by Gasteiger charge is -2.14. The number of nitrogens with one attached hydrogen (secondary N) is 1. The zero-order chi connectivity index (χ0) is 13.9. The van der Waals surface area contributed by atoms with Crippen LogP contribution in [0.3, 0.4) is 0 Å². The summed E-state index contributed by atoms with van der Waals surface area (Å²) in [5, 5.41) is 9.32. The molecule has 0 aliphatic carbocycles. The molecule has 6 heteroatoms. The van der Waals surface area contributed by atoms with E-state index in [-0.39, 0.29) is 10.6 Å².